The Labute approximate surface area is 124 Å². The third-order valence-electron chi connectivity index (χ3n) is 4.48. The lowest BCUT2D eigenvalue weighted by molar-refractivity contribution is 0.362. The van der Waals surface area contributed by atoms with Crippen molar-refractivity contribution in [2.75, 3.05) is 6.54 Å². The number of aryl methyl sites for hydroxylation is 1. The highest BCUT2D eigenvalue weighted by molar-refractivity contribution is 5.13. The summed E-state index contributed by atoms with van der Waals surface area (Å²) in [5.41, 5.74) is 1.47. The van der Waals surface area contributed by atoms with Gasteiger partial charge in [-0.1, -0.05) is 40.0 Å². The van der Waals surface area contributed by atoms with E-state index < -0.39 is 0 Å². The average molecular weight is 277 g/mol. The van der Waals surface area contributed by atoms with Gasteiger partial charge in [0.25, 0.3) is 0 Å². The Balaban J connectivity index is 2.05. The molecule has 1 aliphatic carbocycles. The van der Waals surface area contributed by atoms with Gasteiger partial charge in [0, 0.05) is 18.8 Å². The van der Waals surface area contributed by atoms with Gasteiger partial charge in [0.15, 0.2) is 0 Å². The van der Waals surface area contributed by atoms with E-state index in [2.05, 4.69) is 48.3 Å². The summed E-state index contributed by atoms with van der Waals surface area (Å²) in [6.07, 6.45) is 12.4. The molecular formula is C17H31N3. The van der Waals surface area contributed by atoms with Crippen LogP contribution in [0.25, 0.3) is 0 Å². The molecule has 1 fully saturated rings. The van der Waals surface area contributed by atoms with Gasteiger partial charge in [-0.2, -0.15) is 5.10 Å². The first kappa shape index (κ1) is 15.6. The fourth-order valence-corrected chi connectivity index (χ4v) is 3.38. The summed E-state index contributed by atoms with van der Waals surface area (Å²) < 4.78 is 2.12. The Hall–Kier alpha value is -0.830. The highest BCUT2D eigenvalue weighted by atomic mass is 15.3. The maximum Gasteiger partial charge on any atom is 0.0524 e. The van der Waals surface area contributed by atoms with Crippen LogP contribution in [0.5, 0.6) is 0 Å². The SMILES string of the molecule is CCCn1cc(C2CCCCCC2CNC(C)C)cn1. The van der Waals surface area contributed by atoms with E-state index in [1.54, 1.807) is 0 Å². The Bertz CT molecular complexity index is 383. The second kappa shape index (κ2) is 7.82. The molecule has 1 aliphatic rings. The molecule has 1 N–H and O–H groups in total. The van der Waals surface area contributed by atoms with Crippen LogP contribution in [0.15, 0.2) is 12.4 Å². The van der Waals surface area contributed by atoms with Crippen LogP contribution in [-0.2, 0) is 6.54 Å². The van der Waals surface area contributed by atoms with E-state index in [1.165, 1.54) is 37.7 Å². The standard InChI is InChI=1S/C17H31N3/c1-4-10-20-13-16(12-19-20)17-9-7-5-6-8-15(17)11-18-14(2)3/h12-15,17-18H,4-11H2,1-3H3. The fourth-order valence-electron chi connectivity index (χ4n) is 3.38. The molecule has 2 rings (SSSR count). The first-order valence-electron chi connectivity index (χ1n) is 8.46. The minimum Gasteiger partial charge on any atom is -0.314 e. The molecule has 0 amide bonds. The van der Waals surface area contributed by atoms with Gasteiger partial charge in [0.05, 0.1) is 6.20 Å². The van der Waals surface area contributed by atoms with E-state index >= 15 is 0 Å². The molecule has 1 aromatic rings. The average Bonchev–Trinajstić information content (AvgIpc) is 2.74. The lowest BCUT2D eigenvalue weighted by atomic mass is 9.83. The molecule has 0 aromatic carbocycles. The number of nitrogens with zero attached hydrogens (tertiary/aromatic N) is 2. The van der Waals surface area contributed by atoms with E-state index in [-0.39, 0.29) is 0 Å². The van der Waals surface area contributed by atoms with Crippen molar-refractivity contribution in [2.24, 2.45) is 5.92 Å². The molecule has 3 heteroatoms. The monoisotopic (exact) mass is 277 g/mol. The van der Waals surface area contributed by atoms with Gasteiger partial charge in [-0.25, -0.2) is 0 Å². The highest BCUT2D eigenvalue weighted by Crippen LogP contribution is 2.36. The van der Waals surface area contributed by atoms with E-state index in [0.29, 0.717) is 12.0 Å². The van der Waals surface area contributed by atoms with Crippen LogP contribution >= 0.6 is 0 Å². The molecule has 0 aliphatic heterocycles. The molecule has 2 atom stereocenters. The second-order valence-corrected chi connectivity index (χ2v) is 6.60. The predicted molar refractivity (Wildman–Crippen MR) is 85.0 cm³/mol. The van der Waals surface area contributed by atoms with Crippen molar-refractivity contribution in [1.82, 2.24) is 15.1 Å². The van der Waals surface area contributed by atoms with Crippen LogP contribution in [0, 0.1) is 5.92 Å². The lowest BCUT2D eigenvalue weighted by Crippen LogP contribution is -2.31. The summed E-state index contributed by atoms with van der Waals surface area (Å²) in [6.45, 7) is 8.89. The van der Waals surface area contributed by atoms with Crippen molar-refractivity contribution in [2.45, 2.75) is 77.8 Å². The van der Waals surface area contributed by atoms with Crippen LogP contribution in [-0.4, -0.2) is 22.4 Å². The molecule has 0 bridgehead atoms. The van der Waals surface area contributed by atoms with Crippen LogP contribution < -0.4 is 5.32 Å². The highest BCUT2D eigenvalue weighted by Gasteiger charge is 2.26. The van der Waals surface area contributed by atoms with Crippen molar-refractivity contribution in [3.05, 3.63) is 18.0 Å². The summed E-state index contributed by atoms with van der Waals surface area (Å²) in [5, 5.41) is 8.19. The normalized spacial score (nSPS) is 24.0. The molecule has 1 aromatic heterocycles. The quantitative estimate of drug-likeness (QED) is 0.798. The zero-order valence-electron chi connectivity index (χ0n) is 13.4. The largest absolute Gasteiger partial charge is 0.314 e. The molecule has 0 spiro atoms. The fraction of sp³-hybridized carbons (Fsp3) is 0.824. The van der Waals surface area contributed by atoms with Crippen LogP contribution in [0.3, 0.4) is 0 Å². The molecule has 0 saturated heterocycles. The van der Waals surface area contributed by atoms with Crippen LogP contribution in [0.2, 0.25) is 0 Å². The second-order valence-electron chi connectivity index (χ2n) is 6.60. The summed E-state index contributed by atoms with van der Waals surface area (Å²) in [5.74, 6) is 1.48. The summed E-state index contributed by atoms with van der Waals surface area (Å²) in [4.78, 5) is 0. The van der Waals surface area contributed by atoms with Gasteiger partial charge in [-0.15, -0.1) is 0 Å². The lowest BCUT2D eigenvalue weighted by Gasteiger charge is -2.25. The van der Waals surface area contributed by atoms with Crippen molar-refractivity contribution < 1.29 is 0 Å². The van der Waals surface area contributed by atoms with E-state index in [1.807, 2.05) is 0 Å². The van der Waals surface area contributed by atoms with Crippen molar-refractivity contribution >= 4 is 0 Å². The van der Waals surface area contributed by atoms with Gasteiger partial charge in [-0.3, -0.25) is 4.68 Å². The van der Waals surface area contributed by atoms with Crippen LogP contribution in [0.1, 0.15) is 70.8 Å². The molecule has 20 heavy (non-hydrogen) atoms. The Morgan fingerprint density at radius 3 is 2.85 bits per heavy atom. The smallest absolute Gasteiger partial charge is 0.0524 e. The minimum absolute atomic E-state index is 0.585. The maximum atomic E-state index is 4.54. The molecular weight excluding hydrogens is 246 g/mol. The van der Waals surface area contributed by atoms with Gasteiger partial charge in [0.2, 0.25) is 0 Å². The zero-order chi connectivity index (χ0) is 14.4. The van der Waals surface area contributed by atoms with Crippen LogP contribution in [0.4, 0.5) is 0 Å². The summed E-state index contributed by atoms with van der Waals surface area (Å²) in [6, 6.07) is 0.585. The van der Waals surface area contributed by atoms with Crippen molar-refractivity contribution in [3.63, 3.8) is 0 Å². The molecule has 3 nitrogen and oxygen atoms in total. The summed E-state index contributed by atoms with van der Waals surface area (Å²) in [7, 11) is 0. The first-order valence-corrected chi connectivity index (χ1v) is 8.46. The Kier molecular flexibility index (Phi) is 6.08. The molecule has 2 unspecified atom stereocenters. The summed E-state index contributed by atoms with van der Waals surface area (Å²) >= 11 is 0. The number of aromatic nitrogens is 2. The number of rotatable bonds is 6. The molecule has 114 valence electrons. The minimum atomic E-state index is 0.585. The van der Waals surface area contributed by atoms with Crippen molar-refractivity contribution in [3.8, 4) is 0 Å². The first-order chi connectivity index (χ1) is 9.70. The predicted octanol–water partition coefficient (Wildman–Crippen LogP) is 3.96. The van der Waals surface area contributed by atoms with Gasteiger partial charge in [-0.05, 0) is 43.2 Å². The molecule has 1 heterocycles. The van der Waals surface area contributed by atoms with Crippen molar-refractivity contribution in [1.29, 1.82) is 0 Å². The third-order valence-corrected chi connectivity index (χ3v) is 4.48. The third kappa shape index (κ3) is 4.34. The molecule has 0 radical (unpaired) electrons. The Morgan fingerprint density at radius 1 is 1.30 bits per heavy atom. The zero-order valence-corrected chi connectivity index (χ0v) is 13.4. The Morgan fingerprint density at radius 2 is 2.10 bits per heavy atom. The van der Waals surface area contributed by atoms with E-state index in [9.17, 15) is 0 Å². The number of hydrogen-bond donors (Lipinski definition) is 1. The van der Waals surface area contributed by atoms with E-state index in [4.69, 9.17) is 0 Å². The van der Waals surface area contributed by atoms with Gasteiger partial charge < -0.3 is 5.32 Å². The maximum absolute atomic E-state index is 4.54. The molecule has 1 saturated carbocycles. The van der Waals surface area contributed by atoms with Gasteiger partial charge in [0.1, 0.15) is 0 Å². The number of nitrogens with one attached hydrogen (secondary N) is 1. The number of hydrogen-bond acceptors (Lipinski definition) is 2. The van der Waals surface area contributed by atoms with E-state index in [0.717, 1.165) is 25.4 Å². The van der Waals surface area contributed by atoms with Gasteiger partial charge >= 0.3 is 0 Å². The topological polar surface area (TPSA) is 29.9 Å².